The monoisotopic (exact) mass is 331 g/mol. The van der Waals surface area contributed by atoms with Crippen LogP contribution in [-0.4, -0.2) is 13.5 Å². The zero-order valence-corrected chi connectivity index (χ0v) is 12.7. The Bertz CT molecular complexity index is 760. The van der Waals surface area contributed by atoms with Crippen LogP contribution in [0.15, 0.2) is 41.3 Å². The van der Waals surface area contributed by atoms with Crippen molar-refractivity contribution >= 4 is 38.9 Å². The normalized spacial score (nSPS) is 11.3. The Morgan fingerprint density at radius 3 is 2.45 bits per heavy atom. The molecule has 7 heteroatoms. The van der Waals surface area contributed by atoms with Gasteiger partial charge in [-0.1, -0.05) is 29.3 Å². The predicted octanol–water partition coefficient (Wildman–Crippen LogP) is 3.81. The molecule has 0 bridgehead atoms. The maximum atomic E-state index is 12.2. The Morgan fingerprint density at radius 2 is 1.80 bits per heavy atom. The van der Waals surface area contributed by atoms with Crippen molar-refractivity contribution in [3.8, 4) is 5.75 Å². The Morgan fingerprint density at radius 1 is 1.10 bits per heavy atom. The molecular weight excluding hydrogens is 321 g/mol. The number of benzene rings is 2. The van der Waals surface area contributed by atoms with Crippen molar-refractivity contribution in [1.29, 1.82) is 0 Å². The first kappa shape index (κ1) is 15.0. The molecular formula is C13H11Cl2NO3S. The summed E-state index contributed by atoms with van der Waals surface area (Å²) in [6, 6.07) is 8.71. The van der Waals surface area contributed by atoms with Crippen LogP contribution in [0.1, 0.15) is 5.56 Å². The molecule has 0 saturated carbocycles. The van der Waals surface area contributed by atoms with E-state index in [-0.39, 0.29) is 21.4 Å². The molecule has 0 radical (unpaired) electrons. The minimum absolute atomic E-state index is 0.174. The molecule has 0 aliphatic carbocycles. The van der Waals surface area contributed by atoms with Gasteiger partial charge in [-0.05, 0) is 42.8 Å². The lowest BCUT2D eigenvalue weighted by Gasteiger charge is -2.11. The number of halogens is 2. The van der Waals surface area contributed by atoms with Gasteiger partial charge in [-0.2, -0.15) is 0 Å². The van der Waals surface area contributed by atoms with Gasteiger partial charge in [-0.15, -0.1) is 0 Å². The first-order chi connectivity index (χ1) is 9.29. The molecule has 2 aromatic carbocycles. The van der Waals surface area contributed by atoms with E-state index in [1.807, 2.05) is 0 Å². The van der Waals surface area contributed by atoms with Crippen molar-refractivity contribution in [2.75, 3.05) is 4.72 Å². The van der Waals surface area contributed by atoms with Gasteiger partial charge in [0, 0.05) is 5.02 Å². The standard InChI is InChI=1S/C13H11Cl2NO3S/c1-8-2-5-12(17)13(6-8)20(18,19)16-11-4-3-9(14)7-10(11)15/h2-7,16-17H,1H3. The number of anilines is 1. The molecule has 0 aliphatic rings. The maximum absolute atomic E-state index is 12.2. The van der Waals surface area contributed by atoms with E-state index in [9.17, 15) is 13.5 Å². The summed E-state index contributed by atoms with van der Waals surface area (Å²) in [6.07, 6.45) is 0. The summed E-state index contributed by atoms with van der Waals surface area (Å²) in [5, 5.41) is 10.3. The molecule has 0 aliphatic heterocycles. The lowest BCUT2D eigenvalue weighted by atomic mass is 10.2. The highest BCUT2D eigenvalue weighted by Crippen LogP contribution is 2.30. The summed E-state index contributed by atoms with van der Waals surface area (Å²) in [7, 11) is -3.93. The molecule has 2 rings (SSSR count). The third kappa shape index (κ3) is 3.17. The molecule has 0 saturated heterocycles. The van der Waals surface area contributed by atoms with Crippen molar-refractivity contribution in [3.05, 3.63) is 52.0 Å². The number of aromatic hydroxyl groups is 1. The van der Waals surface area contributed by atoms with Crippen molar-refractivity contribution < 1.29 is 13.5 Å². The molecule has 0 spiro atoms. The number of hydrogen-bond acceptors (Lipinski definition) is 3. The van der Waals surface area contributed by atoms with Crippen molar-refractivity contribution in [1.82, 2.24) is 0 Å². The van der Waals surface area contributed by atoms with Crippen LogP contribution in [0, 0.1) is 6.92 Å². The molecule has 0 heterocycles. The van der Waals surface area contributed by atoms with E-state index >= 15 is 0 Å². The van der Waals surface area contributed by atoms with Crippen LogP contribution in [0.4, 0.5) is 5.69 Å². The van der Waals surface area contributed by atoms with E-state index in [0.29, 0.717) is 10.6 Å². The van der Waals surface area contributed by atoms with Crippen LogP contribution in [0.2, 0.25) is 10.0 Å². The second-order valence-corrected chi connectivity index (χ2v) is 6.70. The van der Waals surface area contributed by atoms with E-state index < -0.39 is 10.0 Å². The van der Waals surface area contributed by atoms with Crippen molar-refractivity contribution in [2.45, 2.75) is 11.8 Å². The summed E-state index contributed by atoms with van der Waals surface area (Å²) < 4.78 is 26.8. The Hall–Kier alpha value is -1.43. The first-order valence-electron chi connectivity index (χ1n) is 5.57. The lowest BCUT2D eigenvalue weighted by molar-refractivity contribution is 0.459. The SMILES string of the molecule is Cc1ccc(O)c(S(=O)(=O)Nc2ccc(Cl)cc2Cl)c1. The van der Waals surface area contributed by atoms with Crippen LogP contribution in [0.5, 0.6) is 5.75 Å². The van der Waals surface area contributed by atoms with Crippen molar-refractivity contribution in [3.63, 3.8) is 0 Å². The average Bonchev–Trinajstić information content (AvgIpc) is 2.35. The molecule has 2 aromatic rings. The molecule has 106 valence electrons. The Balaban J connectivity index is 2.43. The minimum Gasteiger partial charge on any atom is -0.507 e. The molecule has 0 aromatic heterocycles. The van der Waals surface area contributed by atoms with Crippen LogP contribution < -0.4 is 4.72 Å². The van der Waals surface area contributed by atoms with Crippen molar-refractivity contribution in [2.24, 2.45) is 0 Å². The minimum atomic E-state index is -3.93. The van der Waals surface area contributed by atoms with E-state index in [0.717, 1.165) is 0 Å². The Labute approximate surface area is 127 Å². The highest BCUT2D eigenvalue weighted by molar-refractivity contribution is 7.92. The van der Waals surface area contributed by atoms with Gasteiger partial charge >= 0.3 is 0 Å². The van der Waals surface area contributed by atoms with Crippen LogP contribution in [-0.2, 0) is 10.0 Å². The van der Waals surface area contributed by atoms with Gasteiger partial charge in [0.15, 0.2) is 0 Å². The third-order valence-electron chi connectivity index (χ3n) is 2.58. The van der Waals surface area contributed by atoms with E-state index in [1.165, 1.54) is 30.3 Å². The second kappa shape index (κ2) is 5.52. The van der Waals surface area contributed by atoms with E-state index in [1.54, 1.807) is 13.0 Å². The summed E-state index contributed by atoms with van der Waals surface area (Å²) in [5.74, 6) is -0.326. The molecule has 4 nitrogen and oxygen atoms in total. The fourth-order valence-corrected chi connectivity index (χ4v) is 3.38. The molecule has 0 fully saturated rings. The quantitative estimate of drug-likeness (QED) is 0.898. The van der Waals surface area contributed by atoms with Crippen LogP contribution in [0.25, 0.3) is 0 Å². The zero-order valence-electron chi connectivity index (χ0n) is 10.4. The summed E-state index contributed by atoms with van der Waals surface area (Å²) in [6.45, 7) is 1.73. The largest absolute Gasteiger partial charge is 0.507 e. The van der Waals surface area contributed by atoms with E-state index in [2.05, 4.69) is 4.72 Å². The van der Waals surface area contributed by atoms with Gasteiger partial charge in [0.25, 0.3) is 10.0 Å². The number of sulfonamides is 1. The number of phenolic OH excluding ortho intramolecular Hbond substituents is 1. The van der Waals surface area contributed by atoms with Gasteiger partial charge < -0.3 is 5.11 Å². The fraction of sp³-hybridized carbons (Fsp3) is 0.0769. The molecule has 0 amide bonds. The molecule has 20 heavy (non-hydrogen) atoms. The number of nitrogens with one attached hydrogen (secondary N) is 1. The summed E-state index contributed by atoms with van der Waals surface area (Å²) in [5.41, 5.74) is 0.905. The smallest absolute Gasteiger partial charge is 0.265 e. The number of aryl methyl sites for hydroxylation is 1. The third-order valence-corrected chi connectivity index (χ3v) is 4.52. The van der Waals surface area contributed by atoms with Gasteiger partial charge in [0.2, 0.25) is 0 Å². The highest BCUT2D eigenvalue weighted by atomic mass is 35.5. The Kier molecular flexibility index (Phi) is 4.13. The topological polar surface area (TPSA) is 66.4 Å². The van der Waals surface area contributed by atoms with Gasteiger partial charge in [-0.25, -0.2) is 8.42 Å². The van der Waals surface area contributed by atoms with Gasteiger partial charge in [0.1, 0.15) is 10.6 Å². The fourth-order valence-electron chi connectivity index (χ4n) is 1.61. The van der Waals surface area contributed by atoms with Crippen LogP contribution in [0.3, 0.4) is 0 Å². The molecule has 2 N–H and O–H groups in total. The maximum Gasteiger partial charge on any atom is 0.265 e. The lowest BCUT2D eigenvalue weighted by Crippen LogP contribution is -2.13. The number of hydrogen-bond donors (Lipinski definition) is 2. The van der Waals surface area contributed by atoms with Crippen LogP contribution >= 0.6 is 23.2 Å². The first-order valence-corrected chi connectivity index (χ1v) is 7.81. The number of rotatable bonds is 3. The highest BCUT2D eigenvalue weighted by Gasteiger charge is 2.20. The average molecular weight is 332 g/mol. The van der Waals surface area contributed by atoms with E-state index in [4.69, 9.17) is 23.2 Å². The van der Waals surface area contributed by atoms with Gasteiger partial charge in [0.05, 0.1) is 10.7 Å². The second-order valence-electron chi connectivity index (χ2n) is 4.20. The summed E-state index contributed by atoms with van der Waals surface area (Å²) >= 11 is 11.7. The molecule has 0 unspecified atom stereocenters. The number of phenols is 1. The predicted molar refractivity (Wildman–Crippen MR) is 80.1 cm³/mol. The van der Waals surface area contributed by atoms with Gasteiger partial charge in [-0.3, -0.25) is 4.72 Å². The zero-order chi connectivity index (χ0) is 14.9. The summed E-state index contributed by atoms with van der Waals surface area (Å²) in [4.78, 5) is -0.205. The molecule has 0 atom stereocenters.